The standard InChI is InChI=1S/C15H8F6N6/c16-14(17,18)13(15(19,20)21,9-3-1-5-11(7-9)24-26-22)10-4-2-6-12(8-10)25-27-23/h1-8H. The zero-order chi connectivity index (χ0) is 20.3. The molecule has 0 aromatic heterocycles. The van der Waals surface area contributed by atoms with Gasteiger partial charge in [0.1, 0.15) is 0 Å². The van der Waals surface area contributed by atoms with Gasteiger partial charge in [0.25, 0.3) is 0 Å². The highest BCUT2D eigenvalue weighted by atomic mass is 19.4. The van der Waals surface area contributed by atoms with Crippen LogP contribution in [0.2, 0.25) is 0 Å². The summed E-state index contributed by atoms with van der Waals surface area (Å²) in [6.07, 6.45) is -11.6. The van der Waals surface area contributed by atoms with Crippen molar-refractivity contribution in [3.63, 3.8) is 0 Å². The molecule has 0 radical (unpaired) electrons. The van der Waals surface area contributed by atoms with Gasteiger partial charge in [-0.25, -0.2) is 0 Å². The van der Waals surface area contributed by atoms with Gasteiger partial charge in [0.15, 0.2) is 0 Å². The third-order valence-electron chi connectivity index (χ3n) is 3.73. The Morgan fingerprint density at radius 3 is 1.33 bits per heavy atom. The van der Waals surface area contributed by atoms with E-state index in [9.17, 15) is 26.3 Å². The van der Waals surface area contributed by atoms with Gasteiger partial charge >= 0.3 is 12.4 Å². The highest BCUT2D eigenvalue weighted by Crippen LogP contribution is 2.56. The summed E-state index contributed by atoms with van der Waals surface area (Å²) in [6.45, 7) is 0. The Bertz CT molecular complexity index is 861. The van der Waals surface area contributed by atoms with Crippen molar-refractivity contribution in [1.29, 1.82) is 0 Å². The predicted octanol–water partition coefficient (Wildman–Crippen LogP) is 6.98. The van der Waals surface area contributed by atoms with Crippen molar-refractivity contribution >= 4 is 11.4 Å². The topological polar surface area (TPSA) is 97.5 Å². The fraction of sp³-hybridized carbons (Fsp3) is 0.200. The molecule has 6 nitrogen and oxygen atoms in total. The van der Waals surface area contributed by atoms with Crippen LogP contribution < -0.4 is 0 Å². The van der Waals surface area contributed by atoms with Crippen LogP contribution in [0.5, 0.6) is 0 Å². The quantitative estimate of drug-likeness (QED) is 0.234. The van der Waals surface area contributed by atoms with Gasteiger partial charge in [0.05, 0.1) is 0 Å². The number of hydrogen-bond donors (Lipinski definition) is 0. The second kappa shape index (κ2) is 7.10. The SMILES string of the molecule is [N-]=[N+]=Nc1cccc(C(c2cccc(N=[N+]=[N-])c2)(C(F)(F)F)C(F)(F)F)c1. The Kier molecular flexibility index (Phi) is 5.25. The van der Waals surface area contributed by atoms with E-state index in [4.69, 9.17) is 11.1 Å². The summed E-state index contributed by atoms with van der Waals surface area (Å²) in [7, 11) is 0. The van der Waals surface area contributed by atoms with Crippen LogP contribution in [-0.2, 0) is 5.41 Å². The largest absolute Gasteiger partial charge is 0.411 e. The number of alkyl halides is 6. The lowest BCUT2D eigenvalue weighted by Gasteiger charge is -2.38. The van der Waals surface area contributed by atoms with Crippen molar-refractivity contribution in [2.24, 2.45) is 10.2 Å². The average molecular weight is 386 g/mol. The van der Waals surface area contributed by atoms with E-state index in [-0.39, 0.29) is 0 Å². The van der Waals surface area contributed by atoms with Crippen molar-refractivity contribution < 1.29 is 26.3 Å². The van der Waals surface area contributed by atoms with E-state index >= 15 is 0 Å². The molecule has 12 heteroatoms. The number of rotatable bonds is 4. The number of hydrogen-bond acceptors (Lipinski definition) is 2. The van der Waals surface area contributed by atoms with Crippen LogP contribution in [0, 0.1) is 0 Å². The molecule has 2 aromatic carbocycles. The molecule has 0 bridgehead atoms. The Morgan fingerprint density at radius 1 is 0.667 bits per heavy atom. The van der Waals surface area contributed by atoms with Crippen LogP contribution in [-0.4, -0.2) is 12.4 Å². The fourth-order valence-electron chi connectivity index (χ4n) is 2.69. The fourth-order valence-corrected chi connectivity index (χ4v) is 2.69. The smallest absolute Gasteiger partial charge is 0.169 e. The van der Waals surface area contributed by atoms with Crippen molar-refractivity contribution in [2.45, 2.75) is 17.8 Å². The van der Waals surface area contributed by atoms with Crippen LogP contribution in [0.25, 0.3) is 20.9 Å². The van der Waals surface area contributed by atoms with Crippen molar-refractivity contribution in [2.75, 3.05) is 0 Å². The molecule has 0 fully saturated rings. The lowest BCUT2D eigenvalue weighted by molar-refractivity contribution is -0.288. The molecular formula is C15H8F6N6. The summed E-state index contributed by atoms with van der Waals surface area (Å²) in [5.41, 5.74) is 9.18. The maximum absolute atomic E-state index is 14.0. The van der Waals surface area contributed by atoms with Gasteiger partial charge in [-0.1, -0.05) is 46.6 Å². The van der Waals surface area contributed by atoms with Crippen LogP contribution >= 0.6 is 0 Å². The third-order valence-corrected chi connectivity index (χ3v) is 3.73. The number of benzene rings is 2. The second-order valence-electron chi connectivity index (χ2n) is 5.23. The minimum absolute atomic E-state index is 0.418. The van der Waals surface area contributed by atoms with Crippen LogP contribution in [0.3, 0.4) is 0 Å². The van der Waals surface area contributed by atoms with Gasteiger partial charge in [0, 0.05) is 21.2 Å². The Hall–Kier alpha value is -3.36. The summed E-state index contributed by atoms with van der Waals surface area (Å²) in [4.78, 5) is 4.74. The maximum atomic E-state index is 14.0. The zero-order valence-corrected chi connectivity index (χ0v) is 13.1. The Balaban J connectivity index is 2.96. The van der Waals surface area contributed by atoms with E-state index in [1.165, 1.54) is 0 Å². The van der Waals surface area contributed by atoms with E-state index in [0.717, 1.165) is 24.3 Å². The molecule has 0 aliphatic rings. The van der Waals surface area contributed by atoms with Gasteiger partial charge < -0.3 is 0 Å². The first-order chi connectivity index (χ1) is 12.6. The lowest BCUT2D eigenvalue weighted by atomic mass is 9.72. The highest BCUT2D eigenvalue weighted by molar-refractivity contribution is 5.53. The first-order valence-corrected chi connectivity index (χ1v) is 7.02. The average Bonchev–Trinajstić information content (AvgIpc) is 2.54. The van der Waals surface area contributed by atoms with Crippen molar-refractivity contribution in [1.82, 2.24) is 0 Å². The van der Waals surface area contributed by atoms with E-state index < -0.39 is 40.3 Å². The van der Waals surface area contributed by atoms with Crippen LogP contribution in [0.4, 0.5) is 37.7 Å². The van der Waals surface area contributed by atoms with E-state index in [0.29, 0.717) is 24.3 Å². The molecule has 2 aromatic rings. The summed E-state index contributed by atoms with van der Waals surface area (Å²) >= 11 is 0. The molecule has 0 saturated carbocycles. The monoisotopic (exact) mass is 386 g/mol. The van der Waals surface area contributed by atoms with Gasteiger partial charge in [0.2, 0.25) is 5.41 Å². The summed E-state index contributed by atoms with van der Waals surface area (Å²) in [5, 5.41) is 6.13. The minimum atomic E-state index is -5.81. The van der Waals surface area contributed by atoms with Gasteiger partial charge in [-0.05, 0) is 34.3 Å². The second-order valence-corrected chi connectivity index (χ2v) is 5.23. The molecule has 0 aliphatic heterocycles. The lowest BCUT2D eigenvalue weighted by Crippen LogP contribution is -2.54. The molecule has 0 aliphatic carbocycles. The molecule has 0 saturated heterocycles. The summed E-state index contributed by atoms with van der Waals surface area (Å²) in [6, 6.07) is 6.27. The number of halogens is 6. The van der Waals surface area contributed by atoms with Gasteiger partial charge in [-0.3, -0.25) is 0 Å². The Morgan fingerprint density at radius 2 is 1.04 bits per heavy atom. The molecular weight excluding hydrogens is 378 g/mol. The van der Waals surface area contributed by atoms with Gasteiger partial charge in [-0.15, -0.1) is 0 Å². The van der Waals surface area contributed by atoms with E-state index in [1.807, 2.05) is 0 Å². The summed E-state index contributed by atoms with van der Waals surface area (Å²) < 4.78 is 83.7. The number of nitrogens with zero attached hydrogens (tertiary/aromatic N) is 6. The molecule has 2 rings (SSSR count). The highest BCUT2D eigenvalue weighted by Gasteiger charge is 2.72. The molecule has 0 heterocycles. The minimum Gasteiger partial charge on any atom is -0.169 e. The molecule has 0 spiro atoms. The maximum Gasteiger partial charge on any atom is 0.411 e. The van der Waals surface area contributed by atoms with Crippen LogP contribution in [0.1, 0.15) is 11.1 Å². The van der Waals surface area contributed by atoms with Crippen LogP contribution in [0.15, 0.2) is 58.8 Å². The van der Waals surface area contributed by atoms with Crippen molar-refractivity contribution in [3.8, 4) is 0 Å². The number of azide groups is 2. The zero-order valence-electron chi connectivity index (χ0n) is 13.1. The Labute approximate surface area is 147 Å². The normalized spacial score (nSPS) is 12.1. The summed E-state index contributed by atoms with van der Waals surface area (Å²) in [5.74, 6) is 0. The third kappa shape index (κ3) is 3.48. The first-order valence-electron chi connectivity index (χ1n) is 7.02. The van der Waals surface area contributed by atoms with Gasteiger partial charge in [-0.2, -0.15) is 26.3 Å². The molecule has 140 valence electrons. The predicted molar refractivity (Wildman–Crippen MR) is 83.4 cm³/mol. The molecule has 0 atom stereocenters. The van der Waals surface area contributed by atoms with E-state index in [1.54, 1.807) is 0 Å². The first kappa shape index (κ1) is 20.0. The van der Waals surface area contributed by atoms with E-state index in [2.05, 4.69) is 20.1 Å². The molecule has 0 amide bonds. The molecule has 0 N–H and O–H groups in total. The molecule has 0 unspecified atom stereocenters. The van der Waals surface area contributed by atoms with Crippen molar-refractivity contribution in [3.05, 3.63) is 80.5 Å². The molecule has 27 heavy (non-hydrogen) atoms.